The van der Waals surface area contributed by atoms with E-state index < -0.39 is 0 Å². The topological polar surface area (TPSA) is 29.9 Å². The molecule has 22 heavy (non-hydrogen) atoms. The van der Waals surface area contributed by atoms with Gasteiger partial charge in [-0.1, -0.05) is 45.9 Å². The molecule has 0 bridgehead atoms. The number of aromatic nitrogens is 2. The minimum Gasteiger partial charge on any atom is -0.324 e. The van der Waals surface area contributed by atoms with Crippen LogP contribution in [0.4, 0.5) is 0 Å². The first kappa shape index (κ1) is 16.8. The van der Waals surface area contributed by atoms with Crippen LogP contribution in [-0.4, -0.2) is 22.1 Å². The maximum Gasteiger partial charge on any atom is 0.111 e. The van der Waals surface area contributed by atoms with Crippen LogP contribution in [0, 0.1) is 0 Å². The van der Waals surface area contributed by atoms with Crippen LogP contribution < -0.4 is 5.32 Å². The van der Waals surface area contributed by atoms with Crippen molar-refractivity contribution < 1.29 is 0 Å². The lowest BCUT2D eigenvalue weighted by molar-refractivity contribution is 0.574. The molecule has 0 unspecified atom stereocenters. The van der Waals surface area contributed by atoms with E-state index in [0.717, 1.165) is 36.4 Å². The fourth-order valence-electron chi connectivity index (χ4n) is 2.67. The second kappa shape index (κ2) is 7.10. The van der Waals surface area contributed by atoms with E-state index in [0.29, 0.717) is 12.0 Å². The number of nitrogens with one attached hydrogen (secondary N) is 1. The van der Waals surface area contributed by atoms with E-state index in [1.807, 2.05) is 0 Å². The van der Waals surface area contributed by atoms with Crippen LogP contribution in [0.1, 0.15) is 51.9 Å². The van der Waals surface area contributed by atoms with Crippen molar-refractivity contribution in [3.63, 3.8) is 0 Å². The third-order valence-corrected chi connectivity index (χ3v) is 3.85. The summed E-state index contributed by atoms with van der Waals surface area (Å²) < 4.78 is 2.31. The molecular weight excluding hydrogens is 270 g/mol. The molecule has 0 aliphatic carbocycles. The zero-order valence-corrected chi connectivity index (χ0v) is 14.6. The van der Waals surface area contributed by atoms with Crippen LogP contribution in [0.5, 0.6) is 0 Å². The number of hydrogen-bond acceptors (Lipinski definition) is 2. The fraction of sp³-hybridized carbons (Fsp3) is 0.526. The Morgan fingerprint density at radius 1 is 1.27 bits per heavy atom. The third kappa shape index (κ3) is 3.98. The van der Waals surface area contributed by atoms with E-state index in [9.17, 15) is 0 Å². The Kier molecular flexibility index (Phi) is 5.41. The molecule has 0 aliphatic heterocycles. The molecule has 120 valence electrons. The van der Waals surface area contributed by atoms with Gasteiger partial charge in [0.05, 0.1) is 11.0 Å². The van der Waals surface area contributed by atoms with Crippen molar-refractivity contribution in [1.29, 1.82) is 0 Å². The standard InChI is InChI=1S/C19H29N3/c1-13(2)12-22-18-8-7-16(14(3)4)11-17(18)21-19(22)9-10-20-15(5)6/h7-8,11,14-15,20H,1,9-10,12H2,2-6H3. The Hall–Kier alpha value is -1.61. The Bertz CT molecular complexity index is 650. The fourth-order valence-corrected chi connectivity index (χ4v) is 2.67. The van der Waals surface area contributed by atoms with Gasteiger partial charge in [-0.15, -0.1) is 0 Å². The average Bonchev–Trinajstić information content (AvgIpc) is 2.75. The number of allylic oxidation sites excluding steroid dienone is 1. The predicted molar refractivity (Wildman–Crippen MR) is 95.5 cm³/mol. The maximum atomic E-state index is 4.89. The first-order valence-corrected chi connectivity index (χ1v) is 8.25. The van der Waals surface area contributed by atoms with Crippen LogP contribution in [0.15, 0.2) is 30.4 Å². The van der Waals surface area contributed by atoms with Crippen molar-refractivity contribution in [2.75, 3.05) is 6.54 Å². The van der Waals surface area contributed by atoms with Gasteiger partial charge in [0, 0.05) is 25.6 Å². The summed E-state index contributed by atoms with van der Waals surface area (Å²) in [5.74, 6) is 1.67. The van der Waals surface area contributed by atoms with Gasteiger partial charge in [-0.05, 0) is 30.5 Å². The van der Waals surface area contributed by atoms with Crippen molar-refractivity contribution in [3.05, 3.63) is 41.7 Å². The minimum atomic E-state index is 0.506. The van der Waals surface area contributed by atoms with E-state index in [-0.39, 0.29) is 0 Å². The van der Waals surface area contributed by atoms with Crippen LogP contribution in [0.2, 0.25) is 0 Å². The van der Waals surface area contributed by atoms with E-state index in [4.69, 9.17) is 4.98 Å². The van der Waals surface area contributed by atoms with Gasteiger partial charge in [0.15, 0.2) is 0 Å². The van der Waals surface area contributed by atoms with Gasteiger partial charge < -0.3 is 9.88 Å². The molecule has 1 N–H and O–H groups in total. The first-order valence-electron chi connectivity index (χ1n) is 8.25. The minimum absolute atomic E-state index is 0.506. The first-order chi connectivity index (χ1) is 10.4. The molecule has 0 spiro atoms. The highest BCUT2D eigenvalue weighted by molar-refractivity contribution is 5.77. The number of nitrogens with zero attached hydrogens (tertiary/aromatic N) is 2. The SMILES string of the molecule is C=C(C)Cn1c(CCNC(C)C)nc2cc(C(C)C)ccc21. The van der Waals surface area contributed by atoms with Crippen LogP contribution in [-0.2, 0) is 13.0 Å². The van der Waals surface area contributed by atoms with Crippen molar-refractivity contribution in [2.45, 2.75) is 59.5 Å². The molecular formula is C19H29N3. The second-order valence-corrected chi connectivity index (χ2v) is 6.83. The van der Waals surface area contributed by atoms with Gasteiger partial charge in [-0.25, -0.2) is 4.98 Å². The van der Waals surface area contributed by atoms with Crippen LogP contribution >= 0.6 is 0 Å². The second-order valence-electron chi connectivity index (χ2n) is 6.83. The molecule has 3 nitrogen and oxygen atoms in total. The molecule has 0 saturated carbocycles. The van der Waals surface area contributed by atoms with Gasteiger partial charge in [-0.2, -0.15) is 0 Å². The molecule has 0 amide bonds. The zero-order chi connectivity index (χ0) is 16.3. The Balaban J connectivity index is 2.37. The van der Waals surface area contributed by atoms with Gasteiger partial charge in [0.2, 0.25) is 0 Å². The number of rotatable bonds is 7. The van der Waals surface area contributed by atoms with Gasteiger partial charge in [0.25, 0.3) is 0 Å². The summed E-state index contributed by atoms with van der Waals surface area (Å²) in [5, 5.41) is 3.47. The van der Waals surface area contributed by atoms with Crippen molar-refractivity contribution >= 4 is 11.0 Å². The highest BCUT2D eigenvalue weighted by atomic mass is 15.1. The predicted octanol–water partition coefficient (Wildman–Crippen LogP) is 4.28. The van der Waals surface area contributed by atoms with Crippen LogP contribution in [0.3, 0.4) is 0 Å². The van der Waals surface area contributed by atoms with E-state index >= 15 is 0 Å². The molecule has 3 heteroatoms. The number of fused-ring (bicyclic) bond motifs is 1. The Morgan fingerprint density at radius 2 is 2.00 bits per heavy atom. The Labute approximate surface area is 134 Å². The van der Waals surface area contributed by atoms with Crippen molar-refractivity contribution in [1.82, 2.24) is 14.9 Å². The smallest absolute Gasteiger partial charge is 0.111 e. The largest absolute Gasteiger partial charge is 0.324 e. The third-order valence-electron chi connectivity index (χ3n) is 3.85. The maximum absolute atomic E-state index is 4.89. The molecule has 1 aromatic carbocycles. The summed E-state index contributed by atoms with van der Waals surface area (Å²) in [6.07, 6.45) is 0.942. The molecule has 2 aromatic rings. The molecule has 0 aliphatic rings. The Morgan fingerprint density at radius 3 is 2.59 bits per heavy atom. The molecule has 0 fully saturated rings. The lowest BCUT2D eigenvalue weighted by Gasteiger charge is -2.11. The highest BCUT2D eigenvalue weighted by Crippen LogP contribution is 2.23. The quantitative estimate of drug-likeness (QED) is 0.774. The zero-order valence-electron chi connectivity index (χ0n) is 14.6. The summed E-state index contributed by atoms with van der Waals surface area (Å²) in [4.78, 5) is 4.89. The normalized spacial score (nSPS) is 11.8. The lowest BCUT2D eigenvalue weighted by atomic mass is 10.0. The number of hydrogen-bond donors (Lipinski definition) is 1. The number of benzene rings is 1. The van der Waals surface area contributed by atoms with Crippen molar-refractivity contribution in [2.24, 2.45) is 0 Å². The summed E-state index contributed by atoms with van der Waals surface area (Å²) >= 11 is 0. The monoisotopic (exact) mass is 299 g/mol. The summed E-state index contributed by atoms with van der Waals surface area (Å²) in [6, 6.07) is 7.17. The molecule has 2 rings (SSSR count). The highest BCUT2D eigenvalue weighted by Gasteiger charge is 2.12. The molecule has 1 aromatic heterocycles. The molecule has 0 radical (unpaired) electrons. The number of imidazole rings is 1. The van der Waals surface area contributed by atoms with E-state index in [1.165, 1.54) is 11.1 Å². The molecule has 0 atom stereocenters. The van der Waals surface area contributed by atoms with Crippen molar-refractivity contribution in [3.8, 4) is 0 Å². The average molecular weight is 299 g/mol. The van der Waals surface area contributed by atoms with E-state index in [1.54, 1.807) is 0 Å². The van der Waals surface area contributed by atoms with E-state index in [2.05, 4.69) is 69.3 Å². The van der Waals surface area contributed by atoms with Crippen LogP contribution in [0.25, 0.3) is 11.0 Å². The summed E-state index contributed by atoms with van der Waals surface area (Å²) in [5.41, 5.74) is 4.82. The van der Waals surface area contributed by atoms with Gasteiger partial charge >= 0.3 is 0 Å². The summed E-state index contributed by atoms with van der Waals surface area (Å²) in [7, 11) is 0. The summed E-state index contributed by atoms with van der Waals surface area (Å²) in [6.45, 7) is 16.7. The molecule has 0 saturated heterocycles. The van der Waals surface area contributed by atoms with Gasteiger partial charge in [-0.3, -0.25) is 0 Å². The van der Waals surface area contributed by atoms with Gasteiger partial charge in [0.1, 0.15) is 5.82 Å². The molecule has 1 heterocycles. The lowest BCUT2D eigenvalue weighted by Crippen LogP contribution is -2.25.